The van der Waals surface area contributed by atoms with Crippen LogP contribution in [0.1, 0.15) is 30.6 Å². The van der Waals surface area contributed by atoms with Crippen LogP contribution in [0, 0.1) is 0 Å². The number of carbonyl (C=O) groups is 1. The van der Waals surface area contributed by atoms with Gasteiger partial charge in [0.25, 0.3) is 5.91 Å². The van der Waals surface area contributed by atoms with Crippen molar-refractivity contribution in [2.75, 3.05) is 7.11 Å². The molecule has 0 unspecified atom stereocenters. The van der Waals surface area contributed by atoms with Gasteiger partial charge in [-0.1, -0.05) is 18.5 Å². The van der Waals surface area contributed by atoms with Crippen molar-refractivity contribution in [1.29, 1.82) is 0 Å². The summed E-state index contributed by atoms with van der Waals surface area (Å²) in [5, 5.41) is 3.32. The summed E-state index contributed by atoms with van der Waals surface area (Å²) >= 11 is 5.94. The Morgan fingerprint density at radius 3 is 2.75 bits per heavy atom. The highest BCUT2D eigenvalue weighted by atomic mass is 35.5. The van der Waals surface area contributed by atoms with E-state index in [9.17, 15) is 4.79 Å². The van der Waals surface area contributed by atoms with Gasteiger partial charge in [0.2, 0.25) is 0 Å². The molecule has 0 heterocycles. The summed E-state index contributed by atoms with van der Waals surface area (Å²) in [4.78, 5) is 11.8. The molecule has 0 fully saturated rings. The van der Waals surface area contributed by atoms with Crippen molar-refractivity contribution in [3.8, 4) is 5.75 Å². The second-order valence-corrected chi connectivity index (χ2v) is 4.04. The van der Waals surface area contributed by atoms with Crippen LogP contribution in [-0.4, -0.2) is 19.1 Å². The maximum atomic E-state index is 11.8. The molecule has 0 aliphatic rings. The largest absolute Gasteiger partial charge is 0.495 e. The molecule has 1 aromatic carbocycles. The molecule has 1 amide bonds. The van der Waals surface area contributed by atoms with Crippen LogP contribution in [0.2, 0.25) is 5.02 Å². The van der Waals surface area contributed by atoms with Gasteiger partial charge in [0.15, 0.2) is 0 Å². The van der Waals surface area contributed by atoms with Crippen LogP contribution in [0.25, 0.3) is 0 Å². The SMILES string of the molecule is CC[C@H](C)NC(=O)c1ccc(OC)c(Cl)c1. The molecule has 1 aromatic rings. The van der Waals surface area contributed by atoms with Gasteiger partial charge in [0, 0.05) is 11.6 Å². The maximum Gasteiger partial charge on any atom is 0.251 e. The van der Waals surface area contributed by atoms with Crippen LogP contribution in [0.4, 0.5) is 0 Å². The number of amides is 1. The summed E-state index contributed by atoms with van der Waals surface area (Å²) in [5.74, 6) is 0.459. The summed E-state index contributed by atoms with van der Waals surface area (Å²) < 4.78 is 5.02. The number of halogens is 1. The van der Waals surface area contributed by atoms with Gasteiger partial charge in [0.05, 0.1) is 12.1 Å². The highest BCUT2D eigenvalue weighted by Gasteiger charge is 2.10. The van der Waals surface area contributed by atoms with Crippen molar-refractivity contribution in [2.45, 2.75) is 26.3 Å². The minimum atomic E-state index is -0.112. The molecule has 4 heteroatoms. The van der Waals surface area contributed by atoms with Gasteiger partial charge >= 0.3 is 0 Å². The van der Waals surface area contributed by atoms with Gasteiger partial charge in [-0.15, -0.1) is 0 Å². The Morgan fingerprint density at radius 2 is 2.25 bits per heavy atom. The fraction of sp³-hybridized carbons (Fsp3) is 0.417. The molecule has 1 N–H and O–H groups in total. The van der Waals surface area contributed by atoms with Gasteiger partial charge in [-0.3, -0.25) is 4.79 Å². The zero-order valence-corrected chi connectivity index (χ0v) is 10.5. The molecule has 0 radical (unpaired) electrons. The third-order valence-corrected chi connectivity index (χ3v) is 2.70. The lowest BCUT2D eigenvalue weighted by atomic mass is 10.2. The third kappa shape index (κ3) is 3.14. The smallest absolute Gasteiger partial charge is 0.251 e. The van der Waals surface area contributed by atoms with E-state index in [0.29, 0.717) is 16.3 Å². The number of hydrogen-bond acceptors (Lipinski definition) is 2. The first-order valence-corrected chi connectivity index (χ1v) is 5.60. The van der Waals surface area contributed by atoms with E-state index in [4.69, 9.17) is 16.3 Å². The second kappa shape index (κ2) is 5.75. The second-order valence-electron chi connectivity index (χ2n) is 3.63. The summed E-state index contributed by atoms with van der Waals surface area (Å²) in [6, 6.07) is 5.15. The first-order valence-electron chi connectivity index (χ1n) is 5.22. The van der Waals surface area contributed by atoms with Crippen LogP contribution >= 0.6 is 11.6 Å². The quantitative estimate of drug-likeness (QED) is 0.880. The molecule has 0 aromatic heterocycles. The molecule has 1 rings (SSSR count). The van der Waals surface area contributed by atoms with Gasteiger partial charge in [-0.2, -0.15) is 0 Å². The molecular formula is C12H16ClNO2. The third-order valence-electron chi connectivity index (χ3n) is 2.40. The Balaban J connectivity index is 2.81. The van der Waals surface area contributed by atoms with Gasteiger partial charge < -0.3 is 10.1 Å². The number of methoxy groups -OCH3 is 1. The van der Waals surface area contributed by atoms with Gasteiger partial charge in [-0.25, -0.2) is 0 Å². The average Bonchev–Trinajstić information content (AvgIpc) is 2.28. The molecule has 0 aliphatic carbocycles. The highest BCUT2D eigenvalue weighted by molar-refractivity contribution is 6.32. The molecule has 0 spiro atoms. The molecule has 0 saturated carbocycles. The van der Waals surface area contributed by atoms with Crippen molar-refractivity contribution in [3.05, 3.63) is 28.8 Å². The van der Waals surface area contributed by atoms with E-state index < -0.39 is 0 Å². The summed E-state index contributed by atoms with van der Waals surface area (Å²) in [5.41, 5.74) is 0.547. The van der Waals surface area contributed by atoms with Crippen molar-refractivity contribution in [2.24, 2.45) is 0 Å². The van der Waals surface area contributed by atoms with E-state index in [1.165, 1.54) is 0 Å². The van der Waals surface area contributed by atoms with E-state index in [1.54, 1.807) is 25.3 Å². The van der Waals surface area contributed by atoms with E-state index in [-0.39, 0.29) is 11.9 Å². The molecule has 88 valence electrons. The molecule has 0 aliphatic heterocycles. The molecular weight excluding hydrogens is 226 g/mol. The van der Waals surface area contributed by atoms with Crippen molar-refractivity contribution < 1.29 is 9.53 Å². The number of nitrogens with one attached hydrogen (secondary N) is 1. The van der Waals surface area contributed by atoms with Crippen LogP contribution in [-0.2, 0) is 0 Å². The van der Waals surface area contributed by atoms with Crippen LogP contribution in [0.5, 0.6) is 5.75 Å². The summed E-state index contributed by atoms with van der Waals surface area (Å²) in [6.07, 6.45) is 0.898. The van der Waals surface area contributed by atoms with Crippen molar-refractivity contribution in [1.82, 2.24) is 5.32 Å². The maximum absolute atomic E-state index is 11.8. The first-order chi connectivity index (χ1) is 7.58. The Morgan fingerprint density at radius 1 is 1.56 bits per heavy atom. The predicted octanol–water partition coefficient (Wildman–Crippen LogP) is 2.88. The topological polar surface area (TPSA) is 38.3 Å². The van der Waals surface area contributed by atoms with Gasteiger partial charge in [-0.05, 0) is 31.5 Å². The highest BCUT2D eigenvalue weighted by Crippen LogP contribution is 2.24. The Bertz CT molecular complexity index is 379. The minimum Gasteiger partial charge on any atom is -0.495 e. The van der Waals surface area contributed by atoms with Crippen LogP contribution in [0.15, 0.2) is 18.2 Å². The zero-order valence-electron chi connectivity index (χ0n) is 9.71. The Labute approximate surface area is 101 Å². The lowest BCUT2D eigenvalue weighted by molar-refractivity contribution is 0.0939. The van der Waals surface area contributed by atoms with E-state index >= 15 is 0 Å². The Kier molecular flexibility index (Phi) is 4.62. The molecule has 0 bridgehead atoms. The first kappa shape index (κ1) is 12.8. The molecule has 16 heavy (non-hydrogen) atoms. The fourth-order valence-corrected chi connectivity index (χ4v) is 1.47. The summed E-state index contributed by atoms with van der Waals surface area (Å²) in [6.45, 7) is 3.98. The molecule has 3 nitrogen and oxygen atoms in total. The normalized spacial score (nSPS) is 12.0. The van der Waals surface area contributed by atoms with E-state index in [1.807, 2.05) is 13.8 Å². The number of benzene rings is 1. The number of hydrogen-bond donors (Lipinski definition) is 1. The minimum absolute atomic E-state index is 0.112. The predicted molar refractivity (Wildman–Crippen MR) is 65.2 cm³/mol. The van der Waals surface area contributed by atoms with Crippen LogP contribution < -0.4 is 10.1 Å². The van der Waals surface area contributed by atoms with Gasteiger partial charge in [0.1, 0.15) is 5.75 Å². The monoisotopic (exact) mass is 241 g/mol. The zero-order chi connectivity index (χ0) is 12.1. The molecule has 0 saturated heterocycles. The lowest BCUT2D eigenvalue weighted by Crippen LogP contribution is -2.31. The fourth-order valence-electron chi connectivity index (χ4n) is 1.22. The standard InChI is InChI=1S/C12H16ClNO2/c1-4-8(2)14-12(15)9-5-6-11(16-3)10(13)7-9/h5-8H,4H2,1-3H3,(H,14,15)/t8-/m0/s1. The lowest BCUT2D eigenvalue weighted by Gasteiger charge is -2.12. The van der Waals surface area contributed by atoms with E-state index in [2.05, 4.69) is 5.32 Å². The van der Waals surface area contributed by atoms with Crippen molar-refractivity contribution in [3.63, 3.8) is 0 Å². The number of rotatable bonds is 4. The number of ether oxygens (including phenoxy) is 1. The van der Waals surface area contributed by atoms with Crippen LogP contribution in [0.3, 0.4) is 0 Å². The number of carbonyl (C=O) groups excluding carboxylic acids is 1. The summed E-state index contributed by atoms with van der Waals surface area (Å²) in [7, 11) is 1.54. The average molecular weight is 242 g/mol. The van der Waals surface area contributed by atoms with Crippen molar-refractivity contribution >= 4 is 17.5 Å². The van der Waals surface area contributed by atoms with E-state index in [0.717, 1.165) is 6.42 Å². The Hall–Kier alpha value is -1.22. The molecule has 1 atom stereocenters.